The van der Waals surface area contributed by atoms with Gasteiger partial charge in [0.05, 0.1) is 5.69 Å². The van der Waals surface area contributed by atoms with E-state index < -0.39 is 0 Å². The van der Waals surface area contributed by atoms with E-state index in [1.165, 1.54) is 11.3 Å². The van der Waals surface area contributed by atoms with Crippen LogP contribution in [-0.4, -0.2) is 16.8 Å². The monoisotopic (exact) mass is 341 g/mol. The molecular formula is C18H19N3O2S. The first-order valence-electron chi connectivity index (χ1n) is 8.36. The third-order valence-corrected chi connectivity index (χ3v) is 5.75. The van der Waals surface area contributed by atoms with E-state index in [1.54, 1.807) is 11.3 Å². The molecule has 1 aromatic carbocycles. The molecule has 0 saturated carbocycles. The van der Waals surface area contributed by atoms with E-state index in [4.69, 9.17) is 0 Å². The molecule has 2 N–H and O–H groups in total. The van der Waals surface area contributed by atoms with E-state index in [-0.39, 0.29) is 17.7 Å². The highest BCUT2D eigenvalue weighted by atomic mass is 32.1. The minimum atomic E-state index is -0.146. The molecule has 0 unspecified atom stereocenters. The minimum absolute atomic E-state index is 0.00900. The normalized spacial score (nSPS) is 18.7. The number of benzene rings is 1. The van der Waals surface area contributed by atoms with Gasteiger partial charge < -0.3 is 10.6 Å². The average Bonchev–Trinajstić information content (AvgIpc) is 3.14. The molecule has 0 fully saturated rings. The number of carbonyl (C=O) groups is 2. The Morgan fingerprint density at radius 1 is 1.33 bits per heavy atom. The molecule has 124 valence electrons. The van der Waals surface area contributed by atoms with Gasteiger partial charge in [-0.1, -0.05) is 18.2 Å². The number of hydrogen-bond donors (Lipinski definition) is 2. The van der Waals surface area contributed by atoms with Gasteiger partial charge >= 0.3 is 0 Å². The number of rotatable bonds is 4. The van der Waals surface area contributed by atoms with Crippen LogP contribution in [0.25, 0.3) is 0 Å². The fourth-order valence-corrected chi connectivity index (χ4v) is 4.44. The third kappa shape index (κ3) is 3.06. The van der Waals surface area contributed by atoms with E-state index in [2.05, 4.69) is 15.6 Å². The van der Waals surface area contributed by atoms with Crippen LogP contribution >= 0.6 is 11.3 Å². The van der Waals surface area contributed by atoms with Crippen LogP contribution in [0.3, 0.4) is 0 Å². The molecule has 1 aromatic heterocycles. The van der Waals surface area contributed by atoms with E-state index >= 15 is 0 Å². The van der Waals surface area contributed by atoms with Crippen molar-refractivity contribution in [2.45, 2.75) is 38.5 Å². The number of thiazole rings is 1. The lowest BCUT2D eigenvalue weighted by Crippen LogP contribution is -2.30. The Bertz CT molecular complexity index is 778. The second kappa shape index (κ2) is 6.36. The highest BCUT2D eigenvalue weighted by Crippen LogP contribution is 2.31. The summed E-state index contributed by atoms with van der Waals surface area (Å²) in [4.78, 5) is 30.1. The number of hydrogen-bond acceptors (Lipinski definition) is 4. The number of nitrogens with zero attached hydrogens (tertiary/aromatic N) is 1. The highest BCUT2D eigenvalue weighted by molar-refractivity contribution is 7.15. The van der Waals surface area contributed by atoms with Crippen LogP contribution in [0.4, 0.5) is 10.8 Å². The van der Waals surface area contributed by atoms with Crippen molar-refractivity contribution in [3.8, 4) is 0 Å². The summed E-state index contributed by atoms with van der Waals surface area (Å²) in [6.45, 7) is 0. The van der Waals surface area contributed by atoms with Gasteiger partial charge in [0.25, 0.3) is 0 Å². The molecule has 2 amide bonds. The average molecular weight is 341 g/mol. The topological polar surface area (TPSA) is 71.1 Å². The van der Waals surface area contributed by atoms with E-state index in [0.717, 1.165) is 29.8 Å². The first kappa shape index (κ1) is 15.3. The molecule has 1 atom stereocenters. The molecule has 6 heteroatoms. The first-order valence-corrected chi connectivity index (χ1v) is 9.18. The number of carbonyl (C=O) groups excluding carboxylic acids is 2. The van der Waals surface area contributed by atoms with Crippen molar-refractivity contribution >= 4 is 34.0 Å². The minimum Gasteiger partial charge on any atom is -0.326 e. The molecule has 5 nitrogen and oxygen atoms in total. The zero-order valence-corrected chi connectivity index (χ0v) is 14.1. The fourth-order valence-electron chi connectivity index (χ4n) is 3.38. The van der Waals surface area contributed by atoms with Crippen molar-refractivity contribution in [2.75, 3.05) is 10.6 Å². The molecule has 2 heterocycles. The molecule has 1 aliphatic carbocycles. The third-order valence-electron chi connectivity index (χ3n) is 4.67. The maximum absolute atomic E-state index is 12.2. The Hall–Kier alpha value is -2.21. The van der Waals surface area contributed by atoms with Crippen molar-refractivity contribution in [3.05, 3.63) is 40.4 Å². The van der Waals surface area contributed by atoms with Crippen LogP contribution < -0.4 is 10.6 Å². The Labute approximate surface area is 144 Å². The Morgan fingerprint density at radius 2 is 2.21 bits per heavy atom. The predicted molar refractivity (Wildman–Crippen MR) is 94.3 cm³/mol. The van der Waals surface area contributed by atoms with Crippen molar-refractivity contribution in [3.63, 3.8) is 0 Å². The van der Waals surface area contributed by atoms with Crippen LogP contribution in [0.15, 0.2) is 24.3 Å². The lowest BCUT2D eigenvalue weighted by molar-refractivity contribution is -0.121. The molecule has 0 radical (unpaired) electrons. The second-order valence-corrected chi connectivity index (χ2v) is 7.46. The van der Waals surface area contributed by atoms with Gasteiger partial charge in [-0.3, -0.25) is 9.59 Å². The summed E-state index contributed by atoms with van der Waals surface area (Å²) in [7, 11) is 0. The van der Waals surface area contributed by atoms with Crippen LogP contribution in [0, 0.1) is 5.92 Å². The fraction of sp³-hybridized carbons (Fsp3) is 0.389. The Kier molecular flexibility index (Phi) is 4.06. The number of fused-ring (bicyclic) bond motifs is 2. The smallest absolute Gasteiger partial charge is 0.227 e. The summed E-state index contributed by atoms with van der Waals surface area (Å²) < 4.78 is 0. The van der Waals surface area contributed by atoms with E-state index in [0.29, 0.717) is 24.4 Å². The number of nitrogens with one attached hydrogen (secondary N) is 2. The number of aromatic nitrogens is 1. The summed E-state index contributed by atoms with van der Waals surface area (Å²) >= 11 is 1.58. The Morgan fingerprint density at radius 3 is 3.08 bits per heavy atom. The van der Waals surface area contributed by atoms with Gasteiger partial charge in [-0.05, 0) is 43.7 Å². The molecule has 2 aromatic rings. The van der Waals surface area contributed by atoms with Crippen molar-refractivity contribution in [1.82, 2.24) is 4.98 Å². The largest absolute Gasteiger partial charge is 0.326 e. The van der Waals surface area contributed by atoms with Gasteiger partial charge in [0, 0.05) is 22.9 Å². The predicted octanol–water partition coefficient (Wildman–Crippen LogP) is 3.16. The SMILES string of the molecule is O=C(CC[C@@H]1Cc2ccccc2NC1=O)Nc1nc2c(s1)CCC2. The molecule has 1 aliphatic heterocycles. The van der Waals surface area contributed by atoms with Gasteiger partial charge in [0.15, 0.2) is 5.13 Å². The Balaban J connectivity index is 1.33. The standard InChI is InChI=1S/C18H19N3O2S/c22-16(21-18-20-14-6-3-7-15(14)24-18)9-8-12-10-11-4-1-2-5-13(11)19-17(12)23/h1-2,4-5,12H,3,6-10H2,(H,19,23)(H,20,21,22)/t12-/m1/s1. The first-order chi connectivity index (χ1) is 11.7. The maximum atomic E-state index is 12.2. The summed E-state index contributed by atoms with van der Waals surface area (Å²) in [5.41, 5.74) is 3.16. The van der Waals surface area contributed by atoms with Gasteiger partial charge in [-0.25, -0.2) is 4.98 Å². The summed E-state index contributed by atoms with van der Waals surface area (Å²) in [5, 5.41) is 6.51. The summed E-state index contributed by atoms with van der Waals surface area (Å²) in [6.07, 6.45) is 4.84. The highest BCUT2D eigenvalue weighted by Gasteiger charge is 2.26. The van der Waals surface area contributed by atoms with E-state index in [1.807, 2.05) is 24.3 Å². The summed E-state index contributed by atoms with van der Waals surface area (Å²) in [5.74, 6) is -0.198. The molecule has 0 bridgehead atoms. The van der Waals surface area contributed by atoms with Crippen LogP contribution in [-0.2, 0) is 28.9 Å². The zero-order valence-electron chi connectivity index (χ0n) is 13.3. The van der Waals surface area contributed by atoms with Gasteiger partial charge in [0.1, 0.15) is 0 Å². The van der Waals surface area contributed by atoms with Gasteiger partial charge in [-0.15, -0.1) is 11.3 Å². The maximum Gasteiger partial charge on any atom is 0.227 e. The number of amides is 2. The molecule has 0 saturated heterocycles. The number of anilines is 2. The van der Waals surface area contributed by atoms with Crippen LogP contribution in [0.5, 0.6) is 0 Å². The molecular weight excluding hydrogens is 322 g/mol. The van der Waals surface area contributed by atoms with Gasteiger partial charge in [-0.2, -0.15) is 0 Å². The molecule has 24 heavy (non-hydrogen) atoms. The van der Waals surface area contributed by atoms with Crippen molar-refractivity contribution < 1.29 is 9.59 Å². The number of aryl methyl sites for hydroxylation is 2. The van der Waals surface area contributed by atoms with E-state index in [9.17, 15) is 9.59 Å². The van der Waals surface area contributed by atoms with Crippen molar-refractivity contribution in [2.24, 2.45) is 5.92 Å². The zero-order chi connectivity index (χ0) is 16.5. The van der Waals surface area contributed by atoms with Crippen molar-refractivity contribution in [1.29, 1.82) is 0 Å². The second-order valence-electron chi connectivity index (χ2n) is 6.38. The number of para-hydroxylation sites is 1. The molecule has 4 rings (SSSR count). The molecule has 2 aliphatic rings. The van der Waals surface area contributed by atoms with Crippen LogP contribution in [0.2, 0.25) is 0 Å². The van der Waals surface area contributed by atoms with Crippen LogP contribution in [0.1, 0.15) is 35.4 Å². The molecule has 0 spiro atoms. The lowest BCUT2D eigenvalue weighted by atomic mass is 9.89. The summed E-state index contributed by atoms with van der Waals surface area (Å²) in [6, 6.07) is 7.83. The quantitative estimate of drug-likeness (QED) is 0.897. The lowest BCUT2D eigenvalue weighted by Gasteiger charge is -2.24. The van der Waals surface area contributed by atoms with Gasteiger partial charge in [0.2, 0.25) is 11.8 Å².